The second kappa shape index (κ2) is 5.89. The molecule has 0 saturated heterocycles. The van der Waals surface area contributed by atoms with E-state index in [1.54, 1.807) is 0 Å². The van der Waals surface area contributed by atoms with E-state index in [1.165, 1.54) is 5.56 Å². The largest absolute Gasteiger partial charge is 0.456 e. The number of hydrogen-bond donors (Lipinski definition) is 1. The van der Waals surface area contributed by atoms with Crippen LogP contribution in [-0.2, 0) is 6.54 Å². The molecule has 3 heteroatoms. The number of ether oxygens (including phenoxy) is 1. The van der Waals surface area contributed by atoms with Crippen molar-refractivity contribution in [3.63, 3.8) is 0 Å². The summed E-state index contributed by atoms with van der Waals surface area (Å²) in [4.78, 5) is 0. The fourth-order valence-electron chi connectivity index (χ4n) is 1.79. The molecule has 0 spiro atoms. The molecular weight excluding hydrogens is 246 g/mol. The highest BCUT2D eigenvalue weighted by Gasteiger charge is 2.05. The molecule has 2 nitrogen and oxygen atoms in total. The Kier molecular flexibility index (Phi) is 4.24. The van der Waals surface area contributed by atoms with Crippen LogP contribution < -0.4 is 10.1 Å². The molecule has 0 aliphatic carbocycles. The minimum Gasteiger partial charge on any atom is -0.456 e. The molecule has 0 amide bonds. The number of benzene rings is 2. The zero-order chi connectivity index (χ0) is 13.0. The van der Waals surface area contributed by atoms with Gasteiger partial charge in [-0.05, 0) is 43.3 Å². The second-order valence-corrected chi connectivity index (χ2v) is 4.57. The van der Waals surface area contributed by atoms with E-state index in [2.05, 4.69) is 17.4 Å². The highest BCUT2D eigenvalue weighted by atomic mass is 35.5. The fraction of sp³-hybridized carbons (Fsp3) is 0.200. The zero-order valence-electron chi connectivity index (χ0n) is 10.5. The van der Waals surface area contributed by atoms with Crippen molar-refractivity contribution in [3.8, 4) is 11.5 Å². The van der Waals surface area contributed by atoms with E-state index in [9.17, 15) is 0 Å². The van der Waals surface area contributed by atoms with E-state index < -0.39 is 0 Å². The average Bonchev–Trinajstić information content (AvgIpc) is 2.35. The van der Waals surface area contributed by atoms with Crippen LogP contribution in [-0.4, -0.2) is 7.05 Å². The zero-order valence-corrected chi connectivity index (χ0v) is 11.3. The van der Waals surface area contributed by atoms with Crippen LogP contribution in [0.1, 0.15) is 11.1 Å². The van der Waals surface area contributed by atoms with Crippen LogP contribution in [0.15, 0.2) is 42.5 Å². The summed E-state index contributed by atoms with van der Waals surface area (Å²) in [5.74, 6) is 1.52. The van der Waals surface area contributed by atoms with Crippen LogP contribution in [0.3, 0.4) is 0 Å². The molecule has 0 aliphatic rings. The van der Waals surface area contributed by atoms with Crippen LogP contribution in [0.4, 0.5) is 0 Å². The smallest absolute Gasteiger partial charge is 0.146 e. The van der Waals surface area contributed by atoms with Crippen molar-refractivity contribution in [2.75, 3.05) is 7.05 Å². The van der Waals surface area contributed by atoms with Crippen molar-refractivity contribution in [1.82, 2.24) is 5.32 Å². The molecule has 94 valence electrons. The number of halogens is 1. The van der Waals surface area contributed by atoms with Crippen LogP contribution in [0.5, 0.6) is 11.5 Å². The van der Waals surface area contributed by atoms with Crippen LogP contribution >= 0.6 is 11.6 Å². The highest BCUT2D eigenvalue weighted by Crippen LogP contribution is 2.30. The van der Waals surface area contributed by atoms with Gasteiger partial charge >= 0.3 is 0 Å². The molecular formula is C15H16ClNO. The second-order valence-electron chi connectivity index (χ2n) is 4.16. The maximum absolute atomic E-state index is 6.07. The van der Waals surface area contributed by atoms with Gasteiger partial charge in [0.15, 0.2) is 0 Å². The van der Waals surface area contributed by atoms with E-state index in [4.69, 9.17) is 16.3 Å². The fourth-order valence-corrected chi connectivity index (χ4v) is 1.96. The van der Waals surface area contributed by atoms with E-state index in [0.29, 0.717) is 10.8 Å². The highest BCUT2D eigenvalue weighted by molar-refractivity contribution is 6.32. The number of rotatable bonds is 4. The molecule has 0 atom stereocenters. The predicted molar refractivity (Wildman–Crippen MR) is 75.5 cm³/mol. The van der Waals surface area contributed by atoms with Gasteiger partial charge in [0.2, 0.25) is 0 Å². The molecule has 0 heterocycles. The van der Waals surface area contributed by atoms with Crippen LogP contribution in [0, 0.1) is 6.92 Å². The Morgan fingerprint density at radius 1 is 1.11 bits per heavy atom. The number of aryl methyl sites for hydroxylation is 1. The molecule has 2 rings (SSSR count). The van der Waals surface area contributed by atoms with Gasteiger partial charge in [0.25, 0.3) is 0 Å². The lowest BCUT2D eigenvalue weighted by Crippen LogP contribution is -2.05. The third-order valence-electron chi connectivity index (χ3n) is 2.68. The molecule has 0 saturated carbocycles. The summed E-state index contributed by atoms with van der Waals surface area (Å²) >= 11 is 6.07. The van der Waals surface area contributed by atoms with E-state index >= 15 is 0 Å². The molecule has 0 aliphatic heterocycles. The summed E-state index contributed by atoms with van der Waals surface area (Å²) in [6.07, 6.45) is 0. The van der Waals surface area contributed by atoms with Crippen molar-refractivity contribution >= 4 is 11.6 Å². The quantitative estimate of drug-likeness (QED) is 0.892. The van der Waals surface area contributed by atoms with E-state index in [-0.39, 0.29) is 0 Å². The van der Waals surface area contributed by atoms with Crippen LogP contribution in [0.2, 0.25) is 5.02 Å². The minimum atomic E-state index is 0.621. The summed E-state index contributed by atoms with van der Waals surface area (Å²) in [5, 5.41) is 3.75. The van der Waals surface area contributed by atoms with Crippen molar-refractivity contribution in [1.29, 1.82) is 0 Å². The Balaban J connectivity index is 2.22. The van der Waals surface area contributed by atoms with Gasteiger partial charge in [0, 0.05) is 6.54 Å². The Labute approximate surface area is 113 Å². The first kappa shape index (κ1) is 12.9. The number of hydrogen-bond acceptors (Lipinski definition) is 2. The van der Waals surface area contributed by atoms with Crippen LogP contribution in [0.25, 0.3) is 0 Å². The standard InChI is InChI=1S/C15H16ClNO/c1-11-9-12(10-17-2)7-8-14(11)18-15-6-4-3-5-13(15)16/h3-9,17H,10H2,1-2H3. The predicted octanol–water partition coefficient (Wildman–Crippen LogP) is 4.16. The van der Waals surface area contributed by atoms with Crippen molar-refractivity contribution in [2.24, 2.45) is 0 Å². The van der Waals surface area contributed by atoms with Crippen molar-refractivity contribution in [2.45, 2.75) is 13.5 Å². The van der Waals surface area contributed by atoms with Gasteiger partial charge in [-0.2, -0.15) is 0 Å². The topological polar surface area (TPSA) is 21.3 Å². The monoisotopic (exact) mass is 261 g/mol. The van der Waals surface area contributed by atoms with Gasteiger partial charge < -0.3 is 10.1 Å². The van der Waals surface area contributed by atoms with E-state index in [0.717, 1.165) is 17.9 Å². The molecule has 0 aromatic heterocycles. The molecule has 18 heavy (non-hydrogen) atoms. The van der Waals surface area contributed by atoms with Gasteiger partial charge in [-0.25, -0.2) is 0 Å². The lowest BCUT2D eigenvalue weighted by Gasteiger charge is -2.11. The van der Waals surface area contributed by atoms with Gasteiger partial charge in [0.1, 0.15) is 11.5 Å². The summed E-state index contributed by atoms with van der Waals surface area (Å²) in [6.45, 7) is 2.89. The van der Waals surface area contributed by atoms with E-state index in [1.807, 2.05) is 44.3 Å². The summed E-state index contributed by atoms with van der Waals surface area (Å²) in [6, 6.07) is 13.6. The Bertz CT molecular complexity index is 540. The normalized spacial score (nSPS) is 10.4. The SMILES string of the molecule is CNCc1ccc(Oc2ccccc2Cl)c(C)c1. The molecule has 0 unspecified atom stereocenters. The first-order chi connectivity index (χ1) is 8.70. The molecule has 0 radical (unpaired) electrons. The molecule has 2 aromatic rings. The number of nitrogens with one attached hydrogen (secondary N) is 1. The first-order valence-corrected chi connectivity index (χ1v) is 6.25. The molecule has 0 fully saturated rings. The minimum absolute atomic E-state index is 0.621. The average molecular weight is 262 g/mol. The lowest BCUT2D eigenvalue weighted by molar-refractivity contribution is 0.479. The molecule has 0 bridgehead atoms. The van der Waals surface area contributed by atoms with Gasteiger partial charge in [-0.1, -0.05) is 35.9 Å². The van der Waals surface area contributed by atoms with Crippen molar-refractivity contribution in [3.05, 3.63) is 58.6 Å². The van der Waals surface area contributed by atoms with Gasteiger partial charge in [-0.15, -0.1) is 0 Å². The van der Waals surface area contributed by atoms with Gasteiger partial charge in [-0.3, -0.25) is 0 Å². The number of para-hydroxylation sites is 1. The Morgan fingerprint density at radius 3 is 2.56 bits per heavy atom. The van der Waals surface area contributed by atoms with Crippen molar-refractivity contribution < 1.29 is 4.74 Å². The first-order valence-electron chi connectivity index (χ1n) is 5.87. The Hall–Kier alpha value is -1.51. The maximum atomic E-state index is 6.07. The summed E-state index contributed by atoms with van der Waals surface area (Å²) in [7, 11) is 1.93. The summed E-state index contributed by atoms with van der Waals surface area (Å²) < 4.78 is 5.82. The summed E-state index contributed by atoms with van der Waals surface area (Å²) in [5.41, 5.74) is 2.34. The molecule has 2 aromatic carbocycles. The third kappa shape index (κ3) is 3.03. The molecule has 1 N–H and O–H groups in total. The maximum Gasteiger partial charge on any atom is 0.146 e. The Morgan fingerprint density at radius 2 is 1.89 bits per heavy atom. The third-order valence-corrected chi connectivity index (χ3v) is 2.99. The van der Waals surface area contributed by atoms with Gasteiger partial charge in [0.05, 0.1) is 5.02 Å². The lowest BCUT2D eigenvalue weighted by atomic mass is 10.1.